The van der Waals surface area contributed by atoms with Crippen molar-refractivity contribution in [3.8, 4) is 11.5 Å². The topological polar surface area (TPSA) is 76.2 Å². The van der Waals surface area contributed by atoms with Crippen molar-refractivity contribution in [3.63, 3.8) is 0 Å². The number of carbonyl (C=O) groups excluding carboxylic acids is 3. The fourth-order valence-corrected chi connectivity index (χ4v) is 5.93. The van der Waals surface area contributed by atoms with Gasteiger partial charge in [-0.2, -0.15) is 0 Å². The van der Waals surface area contributed by atoms with Crippen LogP contribution in [0, 0.1) is 3.57 Å². The fraction of sp³-hybridized carbons (Fsp3) is 0.0833. The van der Waals surface area contributed by atoms with Gasteiger partial charge in [0.15, 0.2) is 11.5 Å². The number of nitrogens with zero attached hydrogens (tertiary/aromatic N) is 2. The fourth-order valence-electron chi connectivity index (χ4n) is 5.15. The number of para-hydroxylation sites is 2. The minimum Gasteiger partial charge on any atom is -0.490 e. The van der Waals surface area contributed by atoms with E-state index >= 15 is 0 Å². The van der Waals surface area contributed by atoms with Crippen LogP contribution in [-0.2, 0) is 16.2 Å². The number of carbonyl (C=O) groups is 3. The van der Waals surface area contributed by atoms with Gasteiger partial charge in [-0.25, -0.2) is 14.6 Å². The van der Waals surface area contributed by atoms with E-state index in [1.54, 1.807) is 66.7 Å². The average molecular weight is 695 g/mol. The first kappa shape index (κ1) is 29.1. The molecule has 1 fully saturated rings. The molecule has 0 bridgehead atoms. The Morgan fingerprint density at radius 2 is 1.30 bits per heavy atom. The summed E-state index contributed by atoms with van der Waals surface area (Å²) in [4.78, 5) is 43.2. The SMILES string of the molecule is CCOc1cc(C=C2C(=O)N(c3ccccc3)C(=O)N(c3ccccc3)C2=O)cc(I)c1OCc1cccc2ccccc12. The Bertz CT molecular complexity index is 1840. The maximum atomic E-state index is 13.8. The lowest BCUT2D eigenvalue weighted by Gasteiger charge is -2.34. The summed E-state index contributed by atoms with van der Waals surface area (Å²) in [5.41, 5.74) is 2.17. The Morgan fingerprint density at radius 3 is 1.93 bits per heavy atom. The van der Waals surface area contributed by atoms with E-state index in [0.29, 0.717) is 41.7 Å². The molecule has 0 spiro atoms. The second-order valence-corrected chi connectivity index (χ2v) is 11.1. The molecule has 0 aromatic heterocycles. The summed E-state index contributed by atoms with van der Waals surface area (Å²) in [6.07, 6.45) is 1.50. The molecule has 0 radical (unpaired) electrons. The highest BCUT2D eigenvalue weighted by Gasteiger charge is 2.43. The molecule has 0 saturated carbocycles. The van der Waals surface area contributed by atoms with Gasteiger partial charge in [0, 0.05) is 0 Å². The summed E-state index contributed by atoms with van der Waals surface area (Å²) in [5, 5.41) is 2.24. The van der Waals surface area contributed by atoms with E-state index < -0.39 is 17.8 Å². The third kappa shape index (κ3) is 5.68. The highest BCUT2D eigenvalue weighted by Crippen LogP contribution is 2.37. The summed E-state index contributed by atoms with van der Waals surface area (Å²) in [7, 11) is 0. The third-order valence-corrected chi connectivity index (χ3v) is 7.97. The number of ether oxygens (including phenoxy) is 2. The predicted octanol–water partition coefficient (Wildman–Crippen LogP) is 8.01. The van der Waals surface area contributed by atoms with Gasteiger partial charge in [0.25, 0.3) is 11.8 Å². The molecule has 0 atom stereocenters. The van der Waals surface area contributed by atoms with Gasteiger partial charge in [0.2, 0.25) is 0 Å². The highest BCUT2D eigenvalue weighted by atomic mass is 127. The lowest BCUT2D eigenvalue weighted by atomic mass is 10.0. The van der Waals surface area contributed by atoms with Crippen molar-refractivity contribution in [2.45, 2.75) is 13.5 Å². The number of imide groups is 2. The monoisotopic (exact) mass is 694 g/mol. The predicted molar refractivity (Wildman–Crippen MR) is 180 cm³/mol. The smallest absolute Gasteiger partial charge is 0.343 e. The highest BCUT2D eigenvalue weighted by molar-refractivity contribution is 14.1. The molecule has 4 amide bonds. The molecular weight excluding hydrogens is 667 g/mol. The molecule has 8 heteroatoms. The number of hydrogen-bond donors (Lipinski definition) is 0. The molecule has 5 aromatic carbocycles. The first-order chi connectivity index (χ1) is 21.5. The van der Waals surface area contributed by atoms with Crippen LogP contribution in [0.15, 0.2) is 121 Å². The van der Waals surface area contributed by atoms with Crippen molar-refractivity contribution < 1.29 is 23.9 Å². The van der Waals surface area contributed by atoms with E-state index in [9.17, 15) is 14.4 Å². The molecule has 0 unspecified atom stereocenters. The average Bonchev–Trinajstić information content (AvgIpc) is 3.04. The maximum absolute atomic E-state index is 13.8. The number of hydrogen-bond acceptors (Lipinski definition) is 5. The summed E-state index contributed by atoms with van der Waals surface area (Å²) in [5.74, 6) is -0.362. The van der Waals surface area contributed by atoms with Crippen LogP contribution in [0.1, 0.15) is 18.1 Å². The first-order valence-corrected chi connectivity index (χ1v) is 15.1. The Morgan fingerprint density at radius 1 is 0.705 bits per heavy atom. The molecule has 1 aliphatic rings. The van der Waals surface area contributed by atoms with Crippen LogP contribution >= 0.6 is 22.6 Å². The van der Waals surface area contributed by atoms with Crippen molar-refractivity contribution in [1.82, 2.24) is 0 Å². The second-order valence-electron chi connectivity index (χ2n) is 9.98. The molecule has 7 nitrogen and oxygen atoms in total. The standard InChI is InChI=1S/C36H27IN2O5/c1-2-43-32-22-24(21-31(37)33(32)44-23-26-14-11-13-25-12-9-10-19-29(25)26)20-30-34(40)38(27-15-5-3-6-16-27)36(42)39(35(30)41)28-17-7-4-8-18-28/h3-22H,2,23H2,1H3. The summed E-state index contributed by atoms with van der Waals surface area (Å²) in [6.45, 7) is 2.59. The number of anilines is 2. The number of amides is 4. The number of rotatable bonds is 8. The van der Waals surface area contributed by atoms with Gasteiger partial charge in [-0.05, 0) is 93.9 Å². The molecule has 0 N–H and O–H groups in total. The lowest BCUT2D eigenvalue weighted by molar-refractivity contribution is -0.121. The molecule has 0 aliphatic carbocycles. The van der Waals surface area contributed by atoms with Crippen LogP contribution in [0.3, 0.4) is 0 Å². The van der Waals surface area contributed by atoms with E-state index in [1.807, 2.05) is 37.3 Å². The molecule has 44 heavy (non-hydrogen) atoms. The van der Waals surface area contributed by atoms with Crippen LogP contribution in [0.25, 0.3) is 16.8 Å². The quantitative estimate of drug-likeness (QED) is 0.0935. The van der Waals surface area contributed by atoms with Gasteiger partial charge in [0.1, 0.15) is 12.2 Å². The van der Waals surface area contributed by atoms with E-state index in [2.05, 4.69) is 40.8 Å². The van der Waals surface area contributed by atoms with Crippen LogP contribution < -0.4 is 19.3 Å². The molecule has 1 heterocycles. The van der Waals surface area contributed by atoms with Crippen molar-refractivity contribution >= 4 is 68.7 Å². The van der Waals surface area contributed by atoms with Gasteiger partial charge in [0.05, 0.1) is 21.6 Å². The van der Waals surface area contributed by atoms with Crippen LogP contribution in [-0.4, -0.2) is 24.5 Å². The minimum atomic E-state index is -0.740. The number of fused-ring (bicyclic) bond motifs is 1. The van der Waals surface area contributed by atoms with Gasteiger partial charge in [-0.1, -0.05) is 78.9 Å². The molecule has 6 rings (SSSR count). The first-order valence-electron chi connectivity index (χ1n) is 14.1. The second kappa shape index (κ2) is 12.7. The van der Waals surface area contributed by atoms with Gasteiger partial charge in [-0.15, -0.1) is 0 Å². The molecule has 1 aliphatic heterocycles. The molecule has 218 valence electrons. The number of benzene rings is 5. The van der Waals surface area contributed by atoms with Gasteiger partial charge >= 0.3 is 6.03 Å². The Hall–Kier alpha value is -4.96. The molecule has 1 saturated heterocycles. The van der Waals surface area contributed by atoms with E-state index in [4.69, 9.17) is 9.47 Å². The zero-order valence-corrected chi connectivity index (χ0v) is 25.9. The van der Waals surface area contributed by atoms with E-state index in [-0.39, 0.29) is 5.57 Å². The lowest BCUT2D eigenvalue weighted by Crippen LogP contribution is -2.57. The third-order valence-electron chi connectivity index (χ3n) is 7.17. The van der Waals surface area contributed by atoms with Gasteiger partial charge in [-0.3, -0.25) is 9.59 Å². The Balaban J connectivity index is 1.38. The van der Waals surface area contributed by atoms with Gasteiger partial charge < -0.3 is 9.47 Å². The minimum absolute atomic E-state index is 0.153. The summed E-state index contributed by atoms with van der Waals surface area (Å²) < 4.78 is 13.0. The largest absolute Gasteiger partial charge is 0.490 e. The van der Waals surface area contributed by atoms with Crippen LogP contribution in [0.5, 0.6) is 11.5 Å². The number of barbiturate groups is 1. The molecule has 5 aromatic rings. The summed E-state index contributed by atoms with van der Waals surface area (Å²) in [6, 6.07) is 34.2. The number of halogens is 1. The van der Waals surface area contributed by atoms with Crippen molar-refractivity contribution in [2.75, 3.05) is 16.4 Å². The zero-order chi connectivity index (χ0) is 30.6. The van der Waals surface area contributed by atoms with Crippen LogP contribution in [0.4, 0.5) is 16.2 Å². The zero-order valence-electron chi connectivity index (χ0n) is 23.8. The van der Waals surface area contributed by atoms with Crippen molar-refractivity contribution in [1.29, 1.82) is 0 Å². The normalized spacial score (nSPS) is 13.4. The van der Waals surface area contributed by atoms with E-state index in [0.717, 1.165) is 29.7 Å². The number of urea groups is 1. The van der Waals surface area contributed by atoms with Crippen molar-refractivity contribution in [3.05, 3.63) is 136 Å². The van der Waals surface area contributed by atoms with Crippen LogP contribution in [0.2, 0.25) is 0 Å². The Kier molecular flexibility index (Phi) is 8.42. The molecular formula is C36H27IN2O5. The maximum Gasteiger partial charge on any atom is 0.343 e. The summed E-state index contributed by atoms with van der Waals surface area (Å²) >= 11 is 2.17. The van der Waals surface area contributed by atoms with Crippen molar-refractivity contribution in [2.24, 2.45) is 0 Å². The Labute approximate surface area is 268 Å². The van der Waals surface area contributed by atoms with E-state index in [1.165, 1.54) is 6.08 Å².